The average Bonchev–Trinajstić information content (AvgIpc) is 2.76. The van der Waals surface area contributed by atoms with Crippen molar-refractivity contribution in [3.63, 3.8) is 0 Å². The quantitative estimate of drug-likeness (QED) is 0.466. The van der Waals surface area contributed by atoms with Gasteiger partial charge < -0.3 is 20.3 Å². The Labute approximate surface area is 94.8 Å². The summed E-state index contributed by atoms with van der Waals surface area (Å²) < 4.78 is 6.75. The third-order valence-corrected chi connectivity index (χ3v) is 2.00. The molecule has 0 saturated heterocycles. The Morgan fingerprint density at radius 2 is 2.31 bits per heavy atom. The Balaban J connectivity index is 1.96. The highest BCUT2D eigenvalue weighted by atomic mass is 16.5. The lowest BCUT2D eigenvalue weighted by molar-refractivity contribution is 0.0897. The third-order valence-electron chi connectivity index (χ3n) is 2.00. The van der Waals surface area contributed by atoms with Crippen LogP contribution in [0.2, 0.25) is 0 Å². The first kappa shape index (κ1) is 13.1. The summed E-state index contributed by atoms with van der Waals surface area (Å²) in [4.78, 5) is 0. The molecule has 1 atom stereocenters. The Morgan fingerprint density at radius 3 is 3.00 bits per heavy atom. The number of ether oxygens (including phenoxy) is 1. The van der Waals surface area contributed by atoms with E-state index in [4.69, 9.17) is 9.84 Å². The molecule has 0 aliphatic rings. The molecule has 0 amide bonds. The van der Waals surface area contributed by atoms with Crippen molar-refractivity contribution in [1.29, 1.82) is 0 Å². The zero-order valence-electron chi connectivity index (χ0n) is 9.25. The van der Waals surface area contributed by atoms with Gasteiger partial charge >= 0.3 is 0 Å². The molecule has 0 fully saturated rings. The van der Waals surface area contributed by atoms with Gasteiger partial charge in [-0.05, 0) is 6.07 Å². The fourth-order valence-corrected chi connectivity index (χ4v) is 1.27. The fraction of sp³-hybridized carbons (Fsp3) is 0.700. The van der Waals surface area contributed by atoms with Crippen LogP contribution in [0.15, 0.2) is 18.5 Å². The lowest BCUT2D eigenvalue weighted by atomic mass is 10.3. The Morgan fingerprint density at radius 1 is 1.44 bits per heavy atom. The molecule has 0 aliphatic carbocycles. The zero-order chi connectivity index (χ0) is 11.6. The van der Waals surface area contributed by atoms with Gasteiger partial charge in [-0.25, -0.2) is 0 Å². The van der Waals surface area contributed by atoms with E-state index in [0.29, 0.717) is 32.8 Å². The van der Waals surface area contributed by atoms with Gasteiger partial charge in [-0.15, -0.1) is 0 Å². The summed E-state index contributed by atoms with van der Waals surface area (Å²) in [5, 5.41) is 25.1. The minimum absolute atomic E-state index is 0.0436. The maximum Gasteiger partial charge on any atom is 0.0860 e. The summed E-state index contributed by atoms with van der Waals surface area (Å²) in [6.45, 7) is 2.59. The molecule has 6 nitrogen and oxygen atoms in total. The van der Waals surface area contributed by atoms with Crippen molar-refractivity contribution in [2.75, 3.05) is 32.9 Å². The van der Waals surface area contributed by atoms with Gasteiger partial charge in [0.2, 0.25) is 0 Å². The van der Waals surface area contributed by atoms with Crippen LogP contribution in [0.5, 0.6) is 0 Å². The van der Waals surface area contributed by atoms with E-state index in [0.717, 1.165) is 0 Å². The molecule has 1 rings (SSSR count). The molecule has 16 heavy (non-hydrogen) atoms. The summed E-state index contributed by atoms with van der Waals surface area (Å²) in [6.07, 6.45) is 3.04. The number of nitrogens with zero attached hydrogens (tertiary/aromatic N) is 2. The van der Waals surface area contributed by atoms with Crippen LogP contribution in [0.1, 0.15) is 0 Å². The molecule has 1 aromatic rings. The number of nitrogens with one attached hydrogen (secondary N) is 1. The predicted octanol–water partition coefficient (Wildman–Crippen LogP) is -1.16. The largest absolute Gasteiger partial charge is 0.394 e. The highest BCUT2D eigenvalue weighted by Gasteiger charge is 2.03. The molecule has 0 aliphatic heterocycles. The van der Waals surface area contributed by atoms with E-state index in [1.807, 2.05) is 12.3 Å². The van der Waals surface area contributed by atoms with E-state index in [-0.39, 0.29) is 6.61 Å². The van der Waals surface area contributed by atoms with E-state index in [2.05, 4.69) is 10.4 Å². The van der Waals surface area contributed by atoms with Crippen LogP contribution in [0.25, 0.3) is 0 Å². The molecular formula is C10H19N3O3. The number of aliphatic hydroxyl groups is 2. The molecule has 1 unspecified atom stereocenters. The second-order valence-corrected chi connectivity index (χ2v) is 3.42. The van der Waals surface area contributed by atoms with Crippen LogP contribution >= 0.6 is 0 Å². The van der Waals surface area contributed by atoms with E-state index in [1.54, 1.807) is 10.9 Å². The summed E-state index contributed by atoms with van der Waals surface area (Å²) in [7, 11) is 0. The fourth-order valence-electron chi connectivity index (χ4n) is 1.27. The van der Waals surface area contributed by atoms with E-state index >= 15 is 0 Å². The van der Waals surface area contributed by atoms with E-state index in [1.165, 1.54) is 0 Å². The van der Waals surface area contributed by atoms with Crippen molar-refractivity contribution in [3.8, 4) is 0 Å². The third kappa shape index (κ3) is 5.82. The molecule has 0 radical (unpaired) electrons. The van der Waals surface area contributed by atoms with Crippen molar-refractivity contribution in [3.05, 3.63) is 18.5 Å². The molecule has 6 heteroatoms. The summed E-state index contributed by atoms with van der Waals surface area (Å²) in [5.41, 5.74) is 0. The highest BCUT2D eigenvalue weighted by Crippen LogP contribution is 1.89. The first-order valence-corrected chi connectivity index (χ1v) is 5.37. The number of aliphatic hydroxyl groups excluding tert-OH is 2. The topological polar surface area (TPSA) is 79.5 Å². The van der Waals surface area contributed by atoms with Gasteiger partial charge in [-0.2, -0.15) is 5.10 Å². The molecule has 1 aromatic heterocycles. The molecule has 92 valence electrons. The minimum Gasteiger partial charge on any atom is -0.394 e. The number of aromatic nitrogens is 2. The van der Waals surface area contributed by atoms with Gasteiger partial charge in [0.1, 0.15) is 0 Å². The smallest absolute Gasteiger partial charge is 0.0860 e. The van der Waals surface area contributed by atoms with Crippen LogP contribution in [-0.2, 0) is 11.3 Å². The van der Waals surface area contributed by atoms with Crippen molar-refractivity contribution in [2.45, 2.75) is 12.6 Å². The maximum absolute atomic E-state index is 9.62. The summed E-state index contributed by atoms with van der Waals surface area (Å²) >= 11 is 0. The molecule has 3 N–H and O–H groups in total. The van der Waals surface area contributed by atoms with Crippen molar-refractivity contribution >= 4 is 0 Å². The maximum atomic E-state index is 9.62. The van der Waals surface area contributed by atoms with Crippen molar-refractivity contribution in [2.24, 2.45) is 0 Å². The van der Waals surface area contributed by atoms with Crippen LogP contribution in [-0.4, -0.2) is 59.0 Å². The lowest BCUT2D eigenvalue weighted by Gasteiger charge is -2.11. The van der Waals surface area contributed by atoms with Crippen molar-refractivity contribution < 1.29 is 14.9 Å². The summed E-state index contributed by atoms with van der Waals surface area (Å²) in [5.74, 6) is 0. The van der Waals surface area contributed by atoms with Gasteiger partial charge in [0.25, 0.3) is 0 Å². The van der Waals surface area contributed by atoms with Gasteiger partial charge in [-0.3, -0.25) is 4.68 Å². The van der Waals surface area contributed by atoms with Gasteiger partial charge in [-0.1, -0.05) is 0 Å². The molecule has 0 aromatic carbocycles. The average molecular weight is 229 g/mol. The van der Waals surface area contributed by atoms with Crippen molar-refractivity contribution in [1.82, 2.24) is 15.1 Å². The Kier molecular flexibility index (Phi) is 6.75. The monoisotopic (exact) mass is 229 g/mol. The Bertz CT molecular complexity index is 254. The van der Waals surface area contributed by atoms with Crippen LogP contribution in [0, 0.1) is 0 Å². The van der Waals surface area contributed by atoms with Crippen LogP contribution in [0.3, 0.4) is 0 Å². The first-order chi connectivity index (χ1) is 7.83. The second kappa shape index (κ2) is 8.23. The molecular weight excluding hydrogens is 210 g/mol. The normalized spacial score (nSPS) is 12.9. The lowest BCUT2D eigenvalue weighted by Crippen LogP contribution is -2.32. The van der Waals surface area contributed by atoms with Gasteiger partial charge in [0, 0.05) is 25.5 Å². The predicted molar refractivity (Wildman–Crippen MR) is 59.0 cm³/mol. The number of hydrogen-bond donors (Lipinski definition) is 3. The van der Waals surface area contributed by atoms with Crippen LogP contribution < -0.4 is 5.32 Å². The van der Waals surface area contributed by atoms with Crippen LogP contribution in [0.4, 0.5) is 0 Å². The SMILES string of the molecule is OCCOCCNCC(O)Cn1cccn1. The van der Waals surface area contributed by atoms with E-state index < -0.39 is 6.10 Å². The molecule has 1 heterocycles. The number of hydrogen-bond acceptors (Lipinski definition) is 5. The summed E-state index contributed by atoms with van der Waals surface area (Å²) in [6, 6.07) is 1.82. The molecule has 0 spiro atoms. The van der Waals surface area contributed by atoms with E-state index in [9.17, 15) is 5.11 Å². The van der Waals surface area contributed by atoms with Gasteiger partial charge in [0.05, 0.1) is 32.5 Å². The van der Waals surface area contributed by atoms with Gasteiger partial charge in [0.15, 0.2) is 0 Å². The minimum atomic E-state index is -0.460. The standard InChI is InChI=1S/C10H19N3O3/c14-5-7-16-6-3-11-8-10(15)9-13-4-1-2-12-13/h1-2,4,10-11,14-15H,3,5-9H2. The Hall–Kier alpha value is -0.950. The zero-order valence-corrected chi connectivity index (χ0v) is 9.25. The molecule has 0 saturated carbocycles. The number of rotatable bonds is 9. The first-order valence-electron chi connectivity index (χ1n) is 5.37. The second-order valence-electron chi connectivity index (χ2n) is 3.42. The molecule has 0 bridgehead atoms. The highest BCUT2D eigenvalue weighted by molar-refractivity contribution is 4.78.